The zero-order valence-electron chi connectivity index (χ0n) is 10.0. The van der Waals surface area contributed by atoms with E-state index in [0.29, 0.717) is 0 Å². The van der Waals surface area contributed by atoms with Gasteiger partial charge in [0.25, 0.3) is 0 Å². The lowest BCUT2D eigenvalue weighted by Gasteiger charge is -2.26. The molecule has 3 rings (SSSR count). The summed E-state index contributed by atoms with van der Waals surface area (Å²) in [6.07, 6.45) is 2.39. The predicted octanol–water partition coefficient (Wildman–Crippen LogP) is 4.06. The molecule has 0 radical (unpaired) electrons. The van der Waals surface area contributed by atoms with Crippen LogP contribution in [0.1, 0.15) is 29.2 Å². The predicted molar refractivity (Wildman–Crippen MR) is 69.3 cm³/mol. The normalized spacial score (nSPS) is 18.3. The molecule has 0 amide bonds. The van der Waals surface area contributed by atoms with E-state index < -0.39 is 0 Å². The average Bonchev–Trinajstić information content (AvgIpc) is 2.39. The molecule has 2 aromatic carbocycles. The van der Waals surface area contributed by atoms with E-state index in [1.807, 2.05) is 6.07 Å². The summed E-state index contributed by atoms with van der Waals surface area (Å²) in [7, 11) is 0. The van der Waals surface area contributed by atoms with Crippen LogP contribution in [0, 0.1) is 6.92 Å². The van der Waals surface area contributed by atoms with Crippen LogP contribution >= 0.6 is 0 Å². The molecule has 1 heterocycles. The third kappa shape index (κ3) is 2.05. The van der Waals surface area contributed by atoms with Gasteiger partial charge in [0, 0.05) is 0 Å². The van der Waals surface area contributed by atoms with Crippen molar-refractivity contribution in [3.05, 3.63) is 65.2 Å². The maximum Gasteiger partial charge on any atom is 0.124 e. The fourth-order valence-corrected chi connectivity index (χ4v) is 2.38. The molecule has 0 aromatic heterocycles. The monoisotopic (exact) mass is 224 g/mol. The number of hydrogen-bond donors (Lipinski definition) is 0. The maximum atomic E-state index is 6.10. The lowest BCUT2D eigenvalue weighted by Crippen LogP contribution is -2.15. The second-order valence-electron chi connectivity index (χ2n) is 4.67. The van der Waals surface area contributed by atoms with Crippen molar-refractivity contribution in [2.45, 2.75) is 25.9 Å². The highest BCUT2D eigenvalue weighted by Gasteiger charge is 2.20. The summed E-state index contributed by atoms with van der Waals surface area (Å²) in [6.45, 7) is 2.11. The first-order valence-corrected chi connectivity index (χ1v) is 6.14. The highest BCUT2D eigenvalue weighted by molar-refractivity contribution is 5.39. The van der Waals surface area contributed by atoms with Crippen molar-refractivity contribution >= 4 is 0 Å². The molecule has 0 aliphatic carbocycles. The Bertz CT molecular complexity index is 516. The van der Waals surface area contributed by atoms with E-state index in [-0.39, 0.29) is 6.10 Å². The van der Waals surface area contributed by atoms with Crippen LogP contribution in [0.3, 0.4) is 0 Å². The fraction of sp³-hybridized carbons (Fsp3) is 0.250. The minimum absolute atomic E-state index is 0.213. The van der Waals surface area contributed by atoms with Gasteiger partial charge >= 0.3 is 0 Å². The zero-order chi connectivity index (χ0) is 11.7. The van der Waals surface area contributed by atoms with Gasteiger partial charge in [0.05, 0.1) is 0 Å². The standard InChI is InChI=1S/C16H16O/c1-12-7-8-14-9-10-15(17-16(14)11-12)13-5-3-2-4-6-13/h2-8,11,15H,9-10H2,1H3. The first kappa shape index (κ1) is 10.4. The molecule has 0 saturated heterocycles. The van der Waals surface area contributed by atoms with E-state index in [1.165, 1.54) is 16.7 Å². The molecule has 86 valence electrons. The molecular formula is C16H16O. The number of aryl methyl sites for hydroxylation is 2. The number of rotatable bonds is 1. The average molecular weight is 224 g/mol. The van der Waals surface area contributed by atoms with Crippen LogP contribution in [0.4, 0.5) is 0 Å². The summed E-state index contributed by atoms with van der Waals surface area (Å²) in [5.41, 5.74) is 3.87. The van der Waals surface area contributed by atoms with Crippen molar-refractivity contribution in [3.63, 3.8) is 0 Å². The topological polar surface area (TPSA) is 9.23 Å². The van der Waals surface area contributed by atoms with E-state index in [1.54, 1.807) is 0 Å². The number of fused-ring (bicyclic) bond motifs is 1. The maximum absolute atomic E-state index is 6.10. The molecule has 0 bridgehead atoms. The van der Waals surface area contributed by atoms with Crippen LogP contribution in [0.15, 0.2) is 48.5 Å². The van der Waals surface area contributed by atoms with Crippen LogP contribution < -0.4 is 4.74 Å². The number of ether oxygens (including phenoxy) is 1. The molecule has 0 fully saturated rings. The van der Waals surface area contributed by atoms with Crippen molar-refractivity contribution in [1.82, 2.24) is 0 Å². The van der Waals surface area contributed by atoms with E-state index >= 15 is 0 Å². The van der Waals surface area contributed by atoms with Gasteiger partial charge in [-0.3, -0.25) is 0 Å². The second-order valence-corrected chi connectivity index (χ2v) is 4.67. The zero-order valence-corrected chi connectivity index (χ0v) is 10.0. The Labute approximate surface area is 102 Å². The molecule has 1 atom stereocenters. The first-order valence-electron chi connectivity index (χ1n) is 6.14. The molecular weight excluding hydrogens is 208 g/mol. The molecule has 1 heteroatoms. The Morgan fingerprint density at radius 2 is 1.88 bits per heavy atom. The molecule has 0 spiro atoms. The van der Waals surface area contributed by atoms with Gasteiger partial charge in [-0.15, -0.1) is 0 Å². The molecule has 2 aromatic rings. The number of hydrogen-bond acceptors (Lipinski definition) is 1. The van der Waals surface area contributed by atoms with Crippen LogP contribution in [0.25, 0.3) is 0 Å². The van der Waals surface area contributed by atoms with Gasteiger partial charge in [-0.1, -0.05) is 42.5 Å². The molecule has 17 heavy (non-hydrogen) atoms. The Balaban J connectivity index is 1.90. The van der Waals surface area contributed by atoms with E-state index in [9.17, 15) is 0 Å². The Kier molecular flexibility index (Phi) is 2.60. The van der Waals surface area contributed by atoms with Crippen LogP contribution in [-0.4, -0.2) is 0 Å². The fourth-order valence-electron chi connectivity index (χ4n) is 2.38. The van der Waals surface area contributed by atoms with E-state index in [2.05, 4.69) is 49.4 Å². The van der Waals surface area contributed by atoms with Gasteiger partial charge in [0.2, 0.25) is 0 Å². The smallest absolute Gasteiger partial charge is 0.124 e. The summed E-state index contributed by atoms with van der Waals surface area (Å²) >= 11 is 0. The van der Waals surface area contributed by atoms with Gasteiger partial charge in [-0.25, -0.2) is 0 Å². The minimum Gasteiger partial charge on any atom is -0.485 e. The van der Waals surface area contributed by atoms with Gasteiger partial charge in [0.1, 0.15) is 11.9 Å². The summed E-state index contributed by atoms with van der Waals surface area (Å²) in [5, 5.41) is 0. The van der Waals surface area contributed by atoms with E-state index in [4.69, 9.17) is 4.74 Å². The van der Waals surface area contributed by atoms with Crippen molar-refractivity contribution in [3.8, 4) is 5.75 Å². The quantitative estimate of drug-likeness (QED) is 0.709. The second kappa shape index (κ2) is 4.25. The van der Waals surface area contributed by atoms with Gasteiger partial charge in [-0.2, -0.15) is 0 Å². The van der Waals surface area contributed by atoms with Crippen molar-refractivity contribution in [2.75, 3.05) is 0 Å². The first-order chi connectivity index (χ1) is 8.33. The van der Waals surface area contributed by atoms with Crippen molar-refractivity contribution in [2.24, 2.45) is 0 Å². The van der Waals surface area contributed by atoms with E-state index in [0.717, 1.165) is 18.6 Å². The van der Waals surface area contributed by atoms with Gasteiger partial charge in [0.15, 0.2) is 0 Å². The summed E-state index contributed by atoms with van der Waals surface area (Å²) in [5.74, 6) is 1.06. The summed E-state index contributed by atoms with van der Waals surface area (Å²) in [4.78, 5) is 0. The molecule has 1 aliphatic heterocycles. The largest absolute Gasteiger partial charge is 0.485 e. The summed E-state index contributed by atoms with van der Waals surface area (Å²) < 4.78 is 6.10. The molecule has 1 unspecified atom stereocenters. The summed E-state index contributed by atoms with van der Waals surface area (Å²) in [6, 6.07) is 17.0. The lowest BCUT2D eigenvalue weighted by atomic mass is 9.97. The Morgan fingerprint density at radius 1 is 1.06 bits per heavy atom. The number of benzene rings is 2. The Hall–Kier alpha value is -1.76. The highest BCUT2D eigenvalue weighted by Crippen LogP contribution is 2.35. The molecule has 0 N–H and O–H groups in total. The molecule has 0 saturated carbocycles. The van der Waals surface area contributed by atoms with Crippen LogP contribution in [0.5, 0.6) is 5.75 Å². The van der Waals surface area contributed by atoms with Gasteiger partial charge < -0.3 is 4.74 Å². The molecule has 1 nitrogen and oxygen atoms in total. The van der Waals surface area contributed by atoms with Crippen molar-refractivity contribution < 1.29 is 4.74 Å². The van der Waals surface area contributed by atoms with Crippen LogP contribution in [0.2, 0.25) is 0 Å². The van der Waals surface area contributed by atoms with Crippen LogP contribution in [-0.2, 0) is 6.42 Å². The third-order valence-electron chi connectivity index (χ3n) is 3.34. The third-order valence-corrected chi connectivity index (χ3v) is 3.34. The Morgan fingerprint density at radius 3 is 2.71 bits per heavy atom. The van der Waals surface area contributed by atoms with Gasteiger partial charge in [-0.05, 0) is 42.5 Å². The minimum atomic E-state index is 0.213. The lowest BCUT2D eigenvalue weighted by molar-refractivity contribution is 0.176. The highest BCUT2D eigenvalue weighted by atomic mass is 16.5. The SMILES string of the molecule is Cc1ccc2c(c1)OC(c1ccccc1)CC2. The van der Waals surface area contributed by atoms with Crippen molar-refractivity contribution in [1.29, 1.82) is 0 Å². The molecule has 1 aliphatic rings.